The van der Waals surface area contributed by atoms with Crippen LogP contribution in [0.2, 0.25) is 0 Å². The second kappa shape index (κ2) is 7.96. The number of piperazine rings is 1. The van der Waals surface area contributed by atoms with Crippen LogP contribution in [0.3, 0.4) is 0 Å². The number of benzene rings is 1. The quantitative estimate of drug-likeness (QED) is 0.645. The molecule has 1 aromatic carbocycles. The Kier molecular flexibility index (Phi) is 5.95. The Bertz CT molecular complexity index is 667. The molecule has 0 aromatic heterocycles. The van der Waals surface area contributed by atoms with Crippen LogP contribution in [0.1, 0.15) is 31.1 Å². The summed E-state index contributed by atoms with van der Waals surface area (Å²) in [6.07, 6.45) is 0. The molecule has 2 rings (SSSR count). The highest BCUT2D eigenvalue weighted by Gasteiger charge is 2.25. The smallest absolute Gasteiger partial charge is 0.293 e. The van der Waals surface area contributed by atoms with Gasteiger partial charge in [0, 0.05) is 51.3 Å². The van der Waals surface area contributed by atoms with Crippen LogP contribution in [0.25, 0.3) is 0 Å². The third kappa shape index (κ3) is 4.68. The van der Waals surface area contributed by atoms with Crippen molar-refractivity contribution in [1.29, 1.82) is 0 Å². The van der Waals surface area contributed by atoms with Crippen LogP contribution < -0.4 is 10.2 Å². The van der Waals surface area contributed by atoms with Crippen LogP contribution in [-0.4, -0.2) is 54.4 Å². The lowest BCUT2D eigenvalue weighted by molar-refractivity contribution is -0.384. The molecule has 1 aliphatic rings. The fourth-order valence-electron chi connectivity index (χ4n) is 2.74. The van der Waals surface area contributed by atoms with Crippen molar-refractivity contribution in [3.63, 3.8) is 0 Å². The van der Waals surface area contributed by atoms with Crippen LogP contribution in [0.15, 0.2) is 18.2 Å². The summed E-state index contributed by atoms with van der Waals surface area (Å²) in [5, 5.41) is 14.2. The topological polar surface area (TPSA) is 95.8 Å². The second-order valence-electron chi connectivity index (χ2n) is 6.56. The van der Waals surface area contributed by atoms with Crippen LogP contribution in [0, 0.1) is 16.0 Å². The molecule has 1 fully saturated rings. The molecule has 25 heavy (non-hydrogen) atoms. The van der Waals surface area contributed by atoms with Crippen molar-refractivity contribution in [3.8, 4) is 0 Å². The molecule has 0 spiro atoms. The van der Waals surface area contributed by atoms with Gasteiger partial charge in [-0.25, -0.2) is 0 Å². The second-order valence-corrected chi connectivity index (χ2v) is 6.56. The van der Waals surface area contributed by atoms with E-state index in [2.05, 4.69) is 5.32 Å². The number of carbonyl (C=O) groups excluding carboxylic acids is 2. The summed E-state index contributed by atoms with van der Waals surface area (Å²) in [6, 6.07) is 4.55. The van der Waals surface area contributed by atoms with Crippen molar-refractivity contribution in [2.75, 3.05) is 37.6 Å². The average Bonchev–Trinajstić information content (AvgIpc) is 2.59. The Morgan fingerprint density at radius 2 is 1.88 bits per heavy atom. The third-order valence-corrected chi connectivity index (χ3v) is 4.17. The SMILES string of the molecule is CC(=O)N1CCN(c2ccc(C(=O)NCC(C)C)cc2[N+](=O)[O-])CC1. The minimum Gasteiger partial charge on any atom is -0.362 e. The Morgan fingerprint density at radius 1 is 1.24 bits per heavy atom. The lowest BCUT2D eigenvalue weighted by Crippen LogP contribution is -2.48. The van der Waals surface area contributed by atoms with Crippen molar-refractivity contribution in [3.05, 3.63) is 33.9 Å². The van der Waals surface area contributed by atoms with Crippen molar-refractivity contribution < 1.29 is 14.5 Å². The lowest BCUT2D eigenvalue weighted by atomic mass is 10.1. The predicted octanol–water partition coefficient (Wildman–Crippen LogP) is 1.65. The molecular weight excluding hydrogens is 324 g/mol. The number of nitrogens with one attached hydrogen (secondary N) is 1. The van der Waals surface area contributed by atoms with Gasteiger partial charge < -0.3 is 15.1 Å². The molecule has 0 unspecified atom stereocenters. The highest BCUT2D eigenvalue weighted by atomic mass is 16.6. The van der Waals surface area contributed by atoms with Gasteiger partial charge in [-0.1, -0.05) is 13.8 Å². The number of nitro groups is 1. The molecule has 1 aliphatic heterocycles. The monoisotopic (exact) mass is 348 g/mol. The zero-order valence-electron chi connectivity index (χ0n) is 14.8. The zero-order valence-corrected chi connectivity index (χ0v) is 14.8. The maximum absolute atomic E-state index is 12.1. The third-order valence-electron chi connectivity index (χ3n) is 4.17. The van der Waals surface area contributed by atoms with E-state index in [0.29, 0.717) is 44.3 Å². The molecule has 0 atom stereocenters. The van der Waals surface area contributed by atoms with Crippen molar-refractivity contribution in [2.24, 2.45) is 5.92 Å². The molecule has 1 heterocycles. The summed E-state index contributed by atoms with van der Waals surface area (Å²) in [4.78, 5) is 38.1. The van der Waals surface area contributed by atoms with Crippen LogP contribution in [0.4, 0.5) is 11.4 Å². The maximum Gasteiger partial charge on any atom is 0.293 e. The standard InChI is InChI=1S/C17H24N4O4/c1-12(2)11-18-17(23)14-4-5-15(16(10-14)21(24)25)20-8-6-19(7-9-20)13(3)22/h4-5,10,12H,6-9,11H2,1-3H3,(H,18,23). The van der Waals surface area contributed by atoms with Gasteiger partial charge in [0.25, 0.3) is 11.6 Å². The molecular formula is C17H24N4O4. The number of hydrogen-bond acceptors (Lipinski definition) is 5. The van der Waals surface area contributed by atoms with E-state index in [1.165, 1.54) is 13.0 Å². The van der Waals surface area contributed by atoms with Gasteiger partial charge in [-0.2, -0.15) is 0 Å². The average molecular weight is 348 g/mol. The van der Waals surface area contributed by atoms with E-state index < -0.39 is 4.92 Å². The Morgan fingerprint density at radius 3 is 2.40 bits per heavy atom. The van der Waals surface area contributed by atoms with Gasteiger partial charge in [-0.15, -0.1) is 0 Å². The minimum absolute atomic E-state index is 0.00585. The molecule has 8 heteroatoms. The van der Waals surface area contributed by atoms with Crippen molar-refractivity contribution >= 4 is 23.2 Å². The zero-order chi connectivity index (χ0) is 18.6. The van der Waals surface area contributed by atoms with E-state index in [0.717, 1.165) is 0 Å². The number of rotatable bonds is 5. The fraction of sp³-hybridized carbons (Fsp3) is 0.529. The summed E-state index contributed by atoms with van der Waals surface area (Å²) in [5.74, 6) is -0.00755. The minimum atomic E-state index is -0.466. The Balaban J connectivity index is 2.18. The van der Waals surface area contributed by atoms with Crippen LogP contribution in [-0.2, 0) is 4.79 Å². The van der Waals surface area contributed by atoms with Gasteiger partial charge in [-0.3, -0.25) is 19.7 Å². The molecule has 0 bridgehead atoms. The normalized spacial score (nSPS) is 14.6. The number of nitrogens with zero attached hydrogens (tertiary/aromatic N) is 3. The van der Waals surface area contributed by atoms with E-state index in [-0.39, 0.29) is 23.1 Å². The summed E-state index contributed by atoms with van der Waals surface area (Å²) in [6.45, 7) is 8.11. The number of nitro benzene ring substituents is 1. The van der Waals surface area contributed by atoms with E-state index >= 15 is 0 Å². The van der Waals surface area contributed by atoms with Gasteiger partial charge in [-0.05, 0) is 18.1 Å². The Labute approximate surface area is 146 Å². The van der Waals surface area contributed by atoms with Gasteiger partial charge in [0.15, 0.2) is 0 Å². The van der Waals surface area contributed by atoms with Gasteiger partial charge in [0.1, 0.15) is 5.69 Å². The van der Waals surface area contributed by atoms with Gasteiger partial charge in [0.05, 0.1) is 4.92 Å². The first-order valence-electron chi connectivity index (χ1n) is 8.36. The predicted molar refractivity (Wildman–Crippen MR) is 94.7 cm³/mol. The number of carbonyl (C=O) groups is 2. The first-order chi connectivity index (χ1) is 11.8. The van der Waals surface area contributed by atoms with Gasteiger partial charge >= 0.3 is 0 Å². The first-order valence-corrected chi connectivity index (χ1v) is 8.36. The molecule has 0 aliphatic carbocycles. The summed E-state index contributed by atoms with van der Waals surface area (Å²) in [5.41, 5.74) is 0.667. The van der Waals surface area contributed by atoms with Gasteiger partial charge in [0.2, 0.25) is 5.91 Å². The molecule has 0 radical (unpaired) electrons. The highest BCUT2D eigenvalue weighted by Crippen LogP contribution is 2.30. The van der Waals surface area contributed by atoms with E-state index in [4.69, 9.17) is 0 Å². The first kappa shape index (κ1) is 18.7. The van der Waals surface area contributed by atoms with Crippen molar-refractivity contribution in [1.82, 2.24) is 10.2 Å². The largest absolute Gasteiger partial charge is 0.362 e. The number of hydrogen-bond donors (Lipinski definition) is 1. The molecule has 1 aromatic rings. The molecule has 0 saturated carbocycles. The molecule has 1 N–H and O–H groups in total. The summed E-state index contributed by atoms with van der Waals surface area (Å²) in [7, 11) is 0. The molecule has 2 amide bonds. The van der Waals surface area contributed by atoms with E-state index in [1.54, 1.807) is 17.0 Å². The van der Waals surface area contributed by atoms with E-state index in [9.17, 15) is 19.7 Å². The van der Waals surface area contributed by atoms with Crippen LogP contribution >= 0.6 is 0 Å². The van der Waals surface area contributed by atoms with Crippen LogP contribution in [0.5, 0.6) is 0 Å². The number of amides is 2. The molecule has 136 valence electrons. The summed E-state index contributed by atoms with van der Waals surface area (Å²) >= 11 is 0. The maximum atomic E-state index is 12.1. The van der Waals surface area contributed by atoms with E-state index in [1.807, 2.05) is 18.7 Å². The molecule has 1 saturated heterocycles. The molecule has 8 nitrogen and oxygen atoms in total. The number of anilines is 1. The Hall–Kier alpha value is -2.64. The fourth-order valence-corrected chi connectivity index (χ4v) is 2.74. The van der Waals surface area contributed by atoms with Crippen molar-refractivity contribution in [2.45, 2.75) is 20.8 Å². The summed E-state index contributed by atoms with van der Waals surface area (Å²) < 4.78 is 0. The lowest BCUT2D eigenvalue weighted by Gasteiger charge is -2.35. The highest BCUT2D eigenvalue weighted by molar-refractivity contribution is 5.95.